The monoisotopic (exact) mass is 326 g/mol. The molecule has 19 heavy (non-hydrogen) atoms. The minimum atomic E-state index is -0.998. The van der Waals surface area contributed by atoms with E-state index in [0.29, 0.717) is 6.54 Å². The topological polar surface area (TPSA) is 83.6 Å². The van der Waals surface area contributed by atoms with Gasteiger partial charge in [-0.3, -0.25) is 4.79 Å². The quantitative estimate of drug-likeness (QED) is 0.864. The molecule has 0 saturated carbocycles. The molecule has 1 aromatic rings. The predicted octanol–water partition coefficient (Wildman–Crippen LogP) is 1.00. The van der Waals surface area contributed by atoms with E-state index in [0.717, 1.165) is 10.0 Å². The number of benzene rings is 1. The van der Waals surface area contributed by atoms with Crippen molar-refractivity contribution in [2.45, 2.75) is 24.9 Å². The van der Waals surface area contributed by atoms with Crippen LogP contribution in [0.3, 0.4) is 0 Å². The first-order valence-corrected chi connectivity index (χ1v) is 6.79. The van der Waals surface area contributed by atoms with Crippen LogP contribution < -0.4 is 5.73 Å². The van der Waals surface area contributed by atoms with Crippen molar-refractivity contribution in [1.29, 1.82) is 0 Å². The Morgan fingerprint density at radius 1 is 1.58 bits per heavy atom. The molecular formula is C13H15BrN2O3. The molecular weight excluding hydrogens is 312 g/mol. The summed E-state index contributed by atoms with van der Waals surface area (Å²) in [7, 11) is 0. The molecule has 1 aromatic carbocycles. The lowest BCUT2D eigenvalue weighted by molar-refractivity contribution is -0.148. The largest absolute Gasteiger partial charge is 0.480 e. The number of aliphatic carboxylic acids is 1. The Balaban J connectivity index is 2.17. The van der Waals surface area contributed by atoms with Crippen LogP contribution in [-0.4, -0.2) is 40.5 Å². The van der Waals surface area contributed by atoms with E-state index in [9.17, 15) is 14.7 Å². The summed E-state index contributed by atoms with van der Waals surface area (Å²) < 4.78 is 0.888. The average molecular weight is 327 g/mol. The number of carboxylic acid groups (broad SMARTS) is 1. The molecule has 0 radical (unpaired) electrons. The van der Waals surface area contributed by atoms with Gasteiger partial charge in [0, 0.05) is 29.9 Å². The zero-order valence-corrected chi connectivity index (χ0v) is 11.8. The molecule has 1 heterocycles. The summed E-state index contributed by atoms with van der Waals surface area (Å²) in [5.74, 6) is -1.18. The van der Waals surface area contributed by atoms with Gasteiger partial charge >= 0.3 is 5.97 Å². The van der Waals surface area contributed by atoms with Crippen molar-refractivity contribution < 1.29 is 14.7 Å². The molecule has 1 unspecified atom stereocenters. The highest BCUT2D eigenvalue weighted by molar-refractivity contribution is 9.10. The standard InChI is InChI=1S/C13H15BrN2O3/c14-9-3-1-2-8(4-9)5-11(13(18)19)16-7-10(15)6-12(16)17/h1-4,10-11H,5-7,15H2,(H,18,19)/t10?,11-/m0/s1. The fourth-order valence-electron chi connectivity index (χ4n) is 2.28. The normalized spacial score (nSPS) is 20.6. The number of carbonyl (C=O) groups excluding carboxylic acids is 1. The van der Waals surface area contributed by atoms with Crippen LogP contribution in [0.5, 0.6) is 0 Å². The number of hydrogen-bond acceptors (Lipinski definition) is 3. The number of likely N-dealkylation sites (tertiary alicyclic amines) is 1. The van der Waals surface area contributed by atoms with Gasteiger partial charge in [-0.1, -0.05) is 28.1 Å². The highest BCUT2D eigenvalue weighted by Gasteiger charge is 2.36. The Labute approximate surface area is 119 Å². The number of hydrogen-bond donors (Lipinski definition) is 2. The van der Waals surface area contributed by atoms with Gasteiger partial charge < -0.3 is 15.7 Å². The van der Waals surface area contributed by atoms with E-state index in [-0.39, 0.29) is 24.8 Å². The molecule has 0 aliphatic carbocycles. The van der Waals surface area contributed by atoms with Gasteiger partial charge in [0.05, 0.1) is 0 Å². The first kappa shape index (κ1) is 14.0. The maximum Gasteiger partial charge on any atom is 0.326 e. The number of nitrogens with two attached hydrogens (primary N) is 1. The summed E-state index contributed by atoms with van der Waals surface area (Å²) in [5, 5.41) is 9.32. The molecule has 102 valence electrons. The first-order chi connectivity index (χ1) is 8.97. The third-order valence-corrected chi connectivity index (χ3v) is 3.66. The van der Waals surface area contributed by atoms with Crippen molar-refractivity contribution in [3.05, 3.63) is 34.3 Å². The summed E-state index contributed by atoms with van der Waals surface area (Å²) in [5.41, 5.74) is 6.58. The minimum Gasteiger partial charge on any atom is -0.480 e. The van der Waals surface area contributed by atoms with Crippen LogP contribution in [0.15, 0.2) is 28.7 Å². The Kier molecular flexibility index (Phi) is 4.21. The van der Waals surface area contributed by atoms with Crippen molar-refractivity contribution in [2.75, 3.05) is 6.54 Å². The van der Waals surface area contributed by atoms with Gasteiger partial charge in [-0.05, 0) is 17.7 Å². The Bertz CT molecular complexity index is 506. The summed E-state index contributed by atoms with van der Waals surface area (Å²) in [6.07, 6.45) is 0.509. The smallest absolute Gasteiger partial charge is 0.326 e. The lowest BCUT2D eigenvalue weighted by Crippen LogP contribution is -2.44. The van der Waals surface area contributed by atoms with Crippen molar-refractivity contribution in [3.63, 3.8) is 0 Å². The van der Waals surface area contributed by atoms with E-state index < -0.39 is 12.0 Å². The van der Waals surface area contributed by atoms with E-state index in [1.54, 1.807) is 0 Å². The maximum absolute atomic E-state index is 11.8. The van der Waals surface area contributed by atoms with E-state index >= 15 is 0 Å². The molecule has 0 spiro atoms. The molecule has 2 rings (SSSR count). The zero-order valence-electron chi connectivity index (χ0n) is 10.3. The number of carboxylic acids is 1. The first-order valence-electron chi connectivity index (χ1n) is 5.99. The van der Waals surface area contributed by atoms with E-state index in [2.05, 4.69) is 15.9 Å². The highest BCUT2D eigenvalue weighted by atomic mass is 79.9. The van der Waals surface area contributed by atoms with Crippen LogP contribution in [0.4, 0.5) is 0 Å². The number of rotatable bonds is 4. The second-order valence-corrected chi connectivity index (χ2v) is 5.61. The third-order valence-electron chi connectivity index (χ3n) is 3.17. The summed E-state index contributed by atoms with van der Waals surface area (Å²) in [4.78, 5) is 24.5. The SMILES string of the molecule is NC1CC(=O)N([C@@H](Cc2cccc(Br)c2)C(=O)O)C1. The second kappa shape index (κ2) is 5.71. The molecule has 0 bridgehead atoms. The Morgan fingerprint density at radius 3 is 2.84 bits per heavy atom. The van der Waals surface area contributed by atoms with Gasteiger partial charge in [0.1, 0.15) is 6.04 Å². The molecule has 1 saturated heterocycles. The van der Waals surface area contributed by atoms with Crippen LogP contribution >= 0.6 is 15.9 Å². The van der Waals surface area contributed by atoms with Gasteiger partial charge in [-0.2, -0.15) is 0 Å². The van der Waals surface area contributed by atoms with Gasteiger partial charge in [-0.25, -0.2) is 4.79 Å². The molecule has 1 aliphatic heterocycles. The van der Waals surface area contributed by atoms with E-state index in [1.165, 1.54) is 4.90 Å². The molecule has 3 N–H and O–H groups in total. The molecule has 6 heteroatoms. The number of nitrogens with zero attached hydrogens (tertiary/aromatic N) is 1. The molecule has 5 nitrogen and oxygen atoms in total. The predicted molar refractivity (Wildman–Crippen MR) is 73.6 cm³/mol. The lowest BCUT2D eigenvalue weighted by atomic mass is 10.1. The van der Waals surface area contributed by atoms with Gasteiger partial charge in [0.2, 0.25) is 5.91 Å². The lowest BCUT2D eigenvalue weighted by Gasteiger charge is -2.24. The van der Waals surface area contributed by atoms with Crippen LogP contribution in [0.25, 0.3) is 0 Å². The maximum atomic E-state index is 11.8. The summed E-state index contributed by atoms with van der Waals surface area (Å²) in [6, 6.07) is 6.30. The van der Waals surface area contributed by atoms with Gasteiger partial charge in [0.15, 0.2) is 0 Å². The van der Waals surface area contributed by atoms with Gasteiger partial charge in [0.25, 0.3) is 0 Å². The zero-order chi connectivity index (χ0) is 14.0. The second-order valence-electron chi connectivity index (χ2n) is 4.70. The van der Waals surface area contributed by atoms with Crippen LogP contribution in [0, 0.1) is 0 Å². The average Bonchev–Trinajstić information content (AvgIpc) is 2.65. The fourth-order valence-corrected chi connectivity index (χ4v) is 2.73. The Hall–Kier alpha value is -1.40. The minimum absolute atomic E-state index is 0.185. The molecule has 1 fully saturated rings. The molecule has 2 atom stereocenters. The van der Waals surface area contributed by atoms with E-state index in [4.69, 9.17) is 5.73 Å². The molecule has 1 amide bonds. The van der Waals surface area contributed by atoms with Crippen molar-refractivity contribution in [1.82, 2.24) is 4.90 Å². The number of amides is 1. The van der Waals surface area contributed by atoms with Crippen molar-refractivity contribution in [3.8, 4) is 0 Å². The number of halogens is 1. The van der Waals surface area contributed by atoms with Crippen LogP contribution in [0.1, 0.15) is 12.0 Å². The van der Waals surface area contributed by atoms with Crippen LogP contribution in [0.2, 0.25) is 0 Å². The van der Waals surface area contributed by atoms with E-state index in [1.807, 2.05) is 24.3 Å². The fraction of sp³-hybridized carbons (Fsp3) is 0.385. The highest BCUT2D eigenvalue weighted by Crippen LogP contribution is 2.19. The summed E-state index contributed by atoms with van der Waals surface area (Å²) in [6.45, 7) is 0.309. The van der Waals surface area contributed by atoms with Gasteiger partial charge in [-0.15, -0.1) is 0 Å². The van der Waals surface area contributed by atoms with Crippen molar-refractivity contribution in [2.24, 2.45) is 5.73 Å². The van der Waals surface area contributed by atoms with Crippen LogP contribution in [-0.2, 0) is 16.0 Å². The Morgan fingerprint density at radius 2 is 2.32 bits per heavy atom. The molecule has 1 aliphatic rings. The number of carbonyl (C=O) groups is 2. The third kappa shape index (κ3) is 3.33. The summed E-state index contributed by atoms with van der Waals surface area (Å²) >= 11 is 3.35. The molecule has 0 aromatic heterocycles. The van der Waals surface area contributed by atoms with Crippen molar-refractivity contribution >= 4 is 27.8 Å².